The van der Waals surface area contributed by atoms with Gasteiger partial charge in [-0.3, -0.25) is 0 Å². The Morgan fingerprint density at radius 2 is 1.75 bits per heavy atom. The Labute approximate surface area is 77.0 Å². The van der Waals surface area contributed by atoms with Gasteiger partial charge < -0.3 is 0 Å². The Hall–Kier alpha value is -1.04. The van der Waals surface area contributed by atoms with Gasteiger partial charge in [-0.05, 0) is 19.4 Å². The lowest BCUT2D eigenvalue weighted by molar-refractivity contribution is 1.46. The van der Waals surface area contributed by atoms with Crippen LogP contribution < -0.4 is 0 Å². The topological polar surface area (TPSA) is 0 Å². The number of rotatable bonds is 3. The third-order valence-corrected chi connectivity index (χ3v) is 1.18. The van der Waals surface area contributed by atoms with Crippen molar-refractivity contribution in [2.45, 2.75) is 27.7 Å². The fourth-order valence-corrected chi connectivity index (χ4v) is 0.584. The first-order valence-corrected chi connectivity index (χ1v) is 4.33. The molecule has 0 nitrogen and oxygen atoms in total. The molecule has 0 atom stereocenters. The monoisotopic (exact) mass is 164 g/mol. The molecule has 0 unspecified atom stereocenters. The summed E-state index contributed by atoms with van der Waals surface area (Å²) in [5.41, 5.74) is 2.14. The molecule has 68 valence electrons. The van der Waals surface area contributed by atoms with Crippen LogP contribution in [0.5, 0.6) is 0 Å². The fraction of sp³-hybridized carbons (Fsp3) is 0.333. The predicted octanol–water partition coefficient (Wildman–Crippen LogP) is 4.28. The second-order valence-corrected chi connectivity index (χ2v) is 2.13. The van der Waals surface area contributed by atoms with E-state index in [9.17, 15) is 0 Å². The van der Waals surface area contributed by atoms with Gasteiger partial charge in [0, 0.05) is 0 Å². The Balaban J connectivity index is 0. The van der Waals surface area contributed by atoms with E-state index in [4.69, 9.17) is 0 Å². The average Bonchev–Trinajstić information content (AvgIpc) is 2.09. The molecule has 0 heteroatoms. The zero-order valence-electron chi connectivity index (χ0n) is 8.72. The van der Waals surface area contributed by atoms with Crippen molar-refractivity contribution in [3.8, 4) is 0 Å². The van der Waals surface area contributed by atoms with Crippen LogP contribution in [0.2, 0.25) is 0 Å². The molecule has 0 aromatic carbocycles. The molecule has 0 fully saturated rings. The highest BCUT2D eigenvalue weighted by atomic mass is 13.9. The first-order valence-electron chi connectivity index (χ1n) is 4.33. The summed E-state index contributed by atoms with van der Waals surface area (Å²) in [6.45, 7) is 15.4. The van der Waals surface area contributed by atoms with Gasteiger partial charge in [0.2, 0.25) is 0 Å². The summed E-state index contributed by atoms with van der Waals surface area (Å²) in [5.74, 6) is 0. The molecule has 0 spiro atoms. The van der Waals surface area contributed by atoms with Crippen LogP contribution in [0, 0.1) is 0 Å². The third-order valence-electron chi connectivity index (χ3n) is 1.18. The molecule has 0 aromatic heterocycles. The first kappa shape index (κ1) is 13.5. The number of hydrogen-bond acceptors (Lipinski definition) is 0. The molecule has 0 rings (SSSR count). The minimum absolute atomic E-state index is 1.05. The second kappa shape index (κ2) is 9.96. The largest absolute Gasteiger partial charge is 0.0985 e. The number of hydrogen-bond donors (Lipinski definition) is 0. The van der Waals surface area contributed by atoms with Crippen molar-refractivity contribution in [2.75, 3.05) is 0 Å². The third kappa shape index (κ3) is 7.07. The van der Waals surface area contributed by atoms with E-state index in [0.29, 0.717) is 0 Å². The molecule has 0 heterocycles. The molecule has 0 aliphatic heterocycles. The Kier molecular flexibility index (Phi) is 11.2. The lowest BCUT2D eigenvalue weighted by Gasteiger charge is -1.95. The van der Waals surface area contributed by atoms with E-state index < -0.39 is 0 Å². The zero-order valence-corrected chi connectivity index (χ0v) is 8.72. The highest BCUT2D eigenvalue weighted by Crippen LogP contribution is 2.06. The minimum Gasteiger partial charge on any atom is -0.0985 e. The van der Waals surface area contributed by atoms with E-state index >= 15 is 0 Å². The maximum absolute atomic E-state index is 3.81. The lowest BCUT2D eigenvalue weighted by atomic mass is 10.1. The van der Waals surface area contributed by atoms with E-state index in [0.717, 1.165) is 11.1 Å². The summed E-state index contributed by atoms with van der Waals surface area (Å²) >= 11 is 0. The van der Waals surface area contributed by atoms with E-state index in [2.05, 4.69) is 13.2 Å². The molecule has 0 saturated heterocycles. The summed E-state index contributed by atoms with van der Waals surface area (Å²) in [6.07, 6.45) is 7.76. The Morgan fingerprint density at radius 1 is 1.25 bits per heavy atom. The van der Waals surface area contributed by atoms with Crippen molar-refractivity contribution in [3.63, 3.8) is 0 Å². The molecule has 0 aliphatic rings. The van der Waals surface area contributed by atoms with Crippen molar-refractivity contribution < 1.29 is 0 Å². The normalized spacial score (nSPS) is 10.5. The Bertz CT molecular complexity index is 180. The zero-order chi connectivity index (χ0) is 9.98. The van der Waals surface area contributed by atoms with E-state index in [1.807, 2.05) is 52.0 Å². The fourth-order valence-electron chi connectivity index (χ4n) is 0.584. The van der Waals surface area contributed by atoms with Gasteiger partial charge in [0.25, 0.3) is 0 Å². The van der Waals surface area contributed by atoms with E-state index in [1.165, 1.54) is 0 Å². The lowest BCUT2D eigenvalue weighted by Crippen LogP contribution is -1.75. The van der Waals surface area contributed by atoms with Crippen molar-refractivity contribution in [1.82, 2.24) is 0 Å². The van der Waals surface area contributed by atoms with Crippen molar-refractivity contribution in [1.29, 1.82) is 0 Å². The van der Waals surface area contributed by atoms with Gasteiger partial charge in [0.1, 0.15) is 0 Å². The van der Waals surface area contributed by atoms with Crippen molar-refractivity contribution in [3.05, 3.63) is 48.6 Å². The SMILES string of the molecule is C=C/C(=C\C=C\C)C(=C)C.CC. The Morgan fingerprint density at radius 3 is 2.00 bits per heavy atom. The van der Waals surface area contributed by atoms with Crippen LogP contribution in [0.1, 0.15) is 27.7 Å². The summed E-state index contributed by atoms with van der Waals surface area (Å²) in [5, 5.41) is 0. The molecule has 0 saturated carbocycles. The van der Waals surface area contributed by atoms with Gasteiger partial charge in [-0.25, -0.2) is 0 Å². The molecule has 0 aromatic rings. The van der Waals surface area contributed by atoms with Crippen molar-refractivity contribution >= 4 is 0 Å². The predicted molar refractivity (Wildman–Crippen MR) is 59.3 cm³/mol. The first-order chi connectivity index (χ1) is 5.72. The van der Waals surface area contributed by atoms with Gasteiger partial charge in [0.05, 0.1) is 0 Å². The highest BCUT2D eigenvalue weighted by molar-refractivity contribution is 5.37. The van der Waals surface area contributed by atoms with E-state index in [1.54, 1.807) is 0 Å². The molecule has 0 bridgehead atoms. The van der Waals surface area contributed by atoms with Crippen LogP contribution in [-0.2, 0) is 0 Å². The molecule has 0 N–H and O–H groups in total. The maximum Gasteiger partial charge on any atom is -0.0239 e. The van der Waals surface area contributed by atoms with Crippen LogP contribution in [0.4, 0.5) is 0 Å². The quantitative estimate of drug-likeness (QED) is 0.546. The molecule has 0 aliphatic carbocycles. The highest BCUT2D eigenvalue weighted by Gasteiger charge is 1.86. The molecule has 12 heavy (non-hydrogen) atoms. The van der Waals surface area contributed by atoms with Gasteiger partial charge in [-0.1, -0.05) is 56.9 Å². The second-order valence-electron chi connectivity index (χ2n) is 2.13. The summed E-state index contributed by atoms with van der Waals surface area (Å²) < 4.78 is 0. The van der Waals surface area contributed by atoms with Gasteiger partial charge in [-0.15, -0.1) is 0 Å². The minimum atomic E-state index is 1.05. The van der Waals surface area contributed by atoms with E-state index in [-0.39, 0.29) is 0 Å². The van der Waals surface area contributed by atoms with Crippen LogP contribution >= 0.6 is 0 Å². The van der Waals surface area contributed by atoms with Gasteiger partial charge in [0.15, 0.2) is 0 Å². The smallest absolute Gasteiger partial charge is 0.0239 e. The number of allylic oxidation sites excluding steroid dienone is 6. The van der Waals surface area contributed by atoms with Crippen LogP contribution in [0.15, 0.2) is 48.6 Å². The maximum atomic E-state index is 3.81. The summed E-state index contributed by atoms with van der Waals surface area (Å²) in [4.78, 5) is 0. The molecule has 0 amide bonds. The molecular weight excluding hydrogens is 144 g/mol. The van der Waals surface area contributed by atoms with Crippen LogP contribution in [0.3, 0.4) is 0 Å². The van der Waals surface area contributed by atoms with Gasteiger partial charge >= 0.3 is 0 Å². The average molecular weight is 164 g/mol. The van der Waals surface area contributed by atoms with Gasteiger partial charge in [-0.2, -0.15) is 0 Å². The van der Waals surface area contributed by atoms with Crippen LogP contribution in [-0.4, -0.2) is 0 Å². The van der Waals surface area contributed by atoms with Crippen molar-refractivity contribution in [2.24, 2.45) is 0 Å². The summed E-state index contributed by atoms with van der Waals surface area (Å²) in [7, 11) is 0. The summed E-state index contributed by atoms with van der Waals surface area (Å²) in [6, 6.07) is 0. The molecule has 0 radical (unpaired) electrons. The van der Waals surface area contributed by atoms with Crippen LogP contribution in [0.25, 0.3) is 0 Å². The standard InChI is InChI=1S/C10H14.C2H6/c1-5-7-8-10(6-2)9(3)4;1-2/h5-8H,2-3H2,1,4H3;1-2H3/b7-5+,10-8+;. The molecular formula is C12H20.